The van der Waals surface area contributed by atoms with Crippen LogP contribution >= 0.6 is 22.6 Å². The van der Waals surface area contributed by atoms with Gasteiger partial charge >= 0.3 is 0 Å². The molecule has 0 aliphatic rings. The van der Waals surface area contributed by atoms with Gasteiger partial charge in [0.1, 0.15) is 6.07 Å². The van der Waals surface area contributed by atoms with Crippen molar-refractivity contribution in [2.24, 2.45) is 0 Å². The molecule has 2 rings (SSSR count). The van der Waals surface area contributed by atoms with Crippen molar-refractivity contribution in [2.75, 3.05) is 0 Å². The van der Waals surface area contributed by atoms with Crippen molar-refractivity contribution >= 4 is 28.3 Å². The molecule has 2 aromatic rings. The van der Waals surface area contributed by atoms with Gasteiger partial charge in [0, 0.05) is 18.3 Å². The molecule has 1 heterocycles. The van der Waals surface area contributed by atoms with E-state index in [0.717, 1.165) is 3.57 Å². The predicted octanol–water partition coefficient (Wildman–Crippen LogP) is 2.26. The third-order valence-electron chi connectivity index (χ3n) is 2.11. The van der Waals surface area contributed by atoms with Crippen molar-refractivity contribution in [2.45, 2.75) is 0 Å². The number of nitrogens with zero attached hydrogens (tertiary/aromatic N) is 4. The zero-order valence-corrected chi connectivity index (χ0v) is 10.5. The minimum Gasteiger partial charge on any atom is -0.258 e. The molecule has 0 bridgehead atoms. The van der Waals surface area contributed by atoms with Crippen LogP contribution in [-0.4, -0.2) is 14.7 Å². The highest BCUT2D eigenvalue weighted by Crippen LogP contribution is 2.20. The Morgan fingerprint density at radius 1 is 1.53 bits per heavy atom. The molecule has 7 heteroatoms. The Kier molecular flexibility index (Phi) is 3.06. The van der Waals surface area contributed by atoms with Crippen LogP contribution in [0.4, 0.5) is 5.69 Å². The van der Waals surface area contributed by atoms with Gasteiger partial charge in [-0.3, -0.25) is 10.1 Å². The third kappa shape index (κ3) is 2.26. The van der Waals surface area contributed by atoms with Crippen molar-refractivity contribution in [1.29, 1.82) is 5.26 Å². The molecule has 0 aliphatic carbocycles. The first-order valence-corrected chi connectivity index (χ1v) is 5.59. The summed E-state index contributed by atoms with van der Waals surface area (Å²) in [6.07, 6.45) is 3.38. The third-order valence-corrected chi connectivity index (χ3v) is 2.67. The summed E-state index contributed by atoms with van der Waals surface area (Å²) in [5.74, 6) is 0. The van der Waals surface area contributed by atoms with Crippen LogP contribution in [-0.2, 0) is 0 Å². The topological polar surface area (TPSA) is 84.7 Å². The lowest BCUT2D eigenvalue weighted by atomic mass is 10.2. The highest BCUT2D eigenvalue weighted by Gasteiger charge is 2.12. The van der Waals surface area contributed by atoms with Crippen LogP contribution in [0.1, 0.15) is 5.56 Å². The van der Waals surface area contributed by atoms with E-state index in [2.05, 4.69) is 27.7 Å². The van der Waals surface area contributed by atoms with E-state index in [-0.39, 0.29) is 11.3 Å². The first-order valence-electron chi connectivity index (χ1n) is 4.51. The zero-order valence-electron chi connectivity index (χ0n) is 8.37. The molecule has 17 heavy (non-hydrogen) atoms. The molecule has 0 radical (unpaired) electrons. The van der Waals surface area contributed by atoms with Crippen LogP contribution in [0.3, 0.4) is 0 Å². The smallest absolute Gasteiger partial charge is 0.258 e. The van der Waals surface area contributed by atoms with Gasteiger partial charge < -0.3 is 0 Å². The minimum atomic E-state index is -0.530. The van der Waals surface area contributed by atoms with Gasteiger partial charge in [0.05, 0.1) is 25.9 Å². The Bertz CT molecular complexity index is 629. The minimum absolute atomic E-state index is 0.104. The number of nitriles is 1. The molecule has 1 aromatic carbocycles. The molecular formula is C10H5IN4O2. The molecule has 1 aromatic heterocycles. The summed E-state index contributed by atoms with van der Waals surface area (Å²) < 4.78 is 2.44. The highest BCUT2D eigenvalue weighted by atomic mass is 127. The lowest BCUT2D eigenvalue weighted by Crippen LogP contribution is -1.99. The SMILES string of the molecule is N#Cc1cc([N+](=O)[O-])ccc1-n1cc(I)cn1. The normalized spacial score (nSPS) is 9.88. The maximum atomic E-state index is 10.6. The number of nitro groups is 1. The molecule has 0 amide bonds. The Morgan fingerprint density at radius 3 is 2.82 bits per heavy atom. The molecule has 84 valence electrons. The van der Waals surface area contributed by atoms with Gasteiger partial charge in [-0.2, -0.15) is 10.4 Å². The second-order valence-electron chi connectivity index (χ2n) is 3.17. The van der Waals surface area contributed by atoms with E-state index in [1.54, 1.807) is 12.4 Å². The number of hydrogen-bond acceptors (Lipinski definition) is 4. The van der Waals surface area contributed by atoms with Crippen molar-refractivity contribution in [3.8, 4) is 11.8 Å². The second-order valence-corrected chi connectivity index (χ2v) is 4.42. The second kappa shape index (κ2) is 4.50. The first-order chi connectivity index (χ1) is 8.11. The van der Waals surface area contributed by atoms with Gasteiger partial charge in [-0.25, -0.2) is 4.68 Å². The van der Waals surface area contributed by atoms with E-state index in [9.17, 15) is 10.1 Å². The quantitative estimate of drug-likeness (QED) is 0.477. The average Bonchev–Trinajstić information content (AvgIpc) is 2.74. The fourth-order valence-corrected chi connectivity index (χ4v) is 1.75. The molecule has 0 saturated carbocycles. The summed E-state index contributed by atoms with van der Waals surface area (Å²) in [5.41, 5.74) is 0.645. The van der Waals surface area contributed by atoms with Crippen molar-refractivity contribution < 1.29 is 4.92 Å². The van der Waals surface area contributed by atoms with Gasteiger partial charge in [0.25, 0.3) is 5.69 Å². The molecule has 0 N–H and O–H groups in total. The number of benzene rings is 1. The lowest BCUT2D eigenvalue weighted by Gasteiger charge is -2.03. The molecule has 6 nitrogen and oxygen atoms in total. The van der Waals surface area contributed by atoms with E-state index < -0.39 is 4.92 Å². The summed E-state index contributed by atoms with van der Waals surface area (Å²) >= 11 is 2.09. The summed E-state index contributed by atoms with van der Waals surface area (Å²) in [6, 6.07) is 6.04. The Morgan fingerprint density at radius 2 is 2.29 bits per heavy atom. The molecule has 0 unspecified atom stereocenters. The van der Waals surface area contributed by atoms with E-state index in [1.165, 1.54) is 22.9 Å². The Hall–Kier alpha value is -1.95. The molecule has 0 fully saturated rings. The average molecular weight is 340 g/mol. The van der Waals surface area contributed by atoms with Gasteiger partial charge in [-0.1, -0.05) is 0 Å². The Labute approximate surface area is 110 Å². The highest BCUT2D eigenvalue weighted by molar-refractivity contribution is 14.1. The van der Waals surface area contributed by atoms with Crippen molar-refractivity contribution in [3.63, 3.8) is 0 Å². The fourth-order valence-electron chi connectivity index (χ4n) is 1.36. The fraction of sp³-hybridized carbons (Fsp3) is 0. The number of aromatic nitrogens is 2. The van der Waals surface area contributed by atoms with Crippen LogP contribution in [0, 0.1) is 25.0 Å². The van der Waals surface area contributed by atoms with Gasteiger partial charge in [0.2, 0.25) is 0 Å². The van der Waals surface area contributed by atoms with E-state index in [1.807, 2.05) is 6.07 Å². The first kappa shape index (κ1) is 11.5. The standard InChI is InChI=1S/C10H5IN4O2/c11-8-5-13-14(6-8)10-2-1-9(15(16)17)3-7(10)4-12/h1-3,5-6H. The summed E-state index contributed by atoms with van der Waals surface area (Å²) in [6.45, 7) is 0. The Balaban J connectivity index is 2.56. The zero-order chi connectivity index (χ0) is 12.4. The molecule has 0 spiro atoms. The molecule has 0 aliphatic heterocycles. The largest absolute Gasteiger partial charge is 0.270 e. The van der Waals surface area contributed by atoms with Crippen LogP contribution in [0.25, 0.3) is 5.69 Å². The predicted molar refractivity (Wildman–Crippen MR) is 67.7 cm³/mol. The van der Waals surface area contributed by atoms with Crippen LogP contribution in [0.2, 0.25) is 0 Å². The van der Waals surface area contributed by atoms with Gasteiger partial charge in [-0.05, 0) is 28.7 Å². The van der Waals surface area contributed by atoms with Crippen molar-refractivity contribution in [3.05, 3.63) is 49.8 Å². The number of rotatable bonds is 2. The number of hydrogen-bond donors (Lipinski definition) is 0. The maximum absolute atomic E-state index is 10.6. The summed E-state index contributed by atoms with van der Waals surface area (Å²) in [4.78, 5) is 10.1. The monoisotopic (exact) mass is 340 g/mol. The van der Waals surface area contributed by atoms with E-state index in [0.29, 0.717) is 5.69 Å². The van der Waals surface area contributed by atoms with Crippen LogP contribution in [0.15, 0.2) is 30.6 Å². The maximum Gasteiger partial charge on any atom is 0.270 e. The number of halogens is 1. The van der Waals surface area contributed by atoms with Gasteiger partial charge in [0.15, 0.2) is 0 Å². The molecule has 0 atom stereocenters. The summed E-state index contributed by atoms with van der Waals surface area (Å²) in [5, 5.41) is 23.6. The van der Waals surface area contributed by atoms with E-state index in [4.69, 9.17) is 5.26 Å². The number of non-ortho nitro benzene ring substituents is 1. The van der Waals surface area contributed by atoms with Crippen LogP contribution < -0.4 is 0 Å². The molecular weight excluding hydrogens is 335 g/mol. The molecule has 0 saturated heterocycles. The van der Waals surface area contributed by atoms with Gasteiger partial charge in [-0.15, -0.1) is 0 Å². The number of nitro benzene ring substituents is 1. The van der Waals surface area contributed by atoms with Crippen molar-refractivity contribution in [1.82, 2.24) is 9.78 Å². The summed E-state index contributed by atoms with van der Waals surface area (Å²) in [7, 11) is 0. The van der Waals surface area contributed by atoms with E-state index >= 15 is 0 Å². The lowest BCUT2D eigenvalue weighted by molar-refractivity contribution is -0.384. The van der Waals surface area contributed by atoms with Crippen LogP contribution in [0.5, 0.6) is 0 Å².